The number of hydrogen-bond acceptors (Lipinski definition) is 4. The standard InChI is InChI=1S/C14H21N5O2/c1-12(20)19-10-8-18(9-11-19)7-6-16-14(21)17-13-4-2-3-5-15-13/h2-5H,6-11H2,1H3,(H2,15,16,17,21). The Morgan fingerprint density at radius 1 is 1.24 bits per heavy atom. The number of rotatable bonds is 4. The molecule has 1 aromatic heterocycles. The molecule has 1 aliphatic heterocycles. The predicted molar refractivity (Wildman–Crippen MR) is 80.0 cm³/mol. The number of urea groups is 1. The average molecular weight is 291 g/mol. The monoisotopic (exact) mass is 291 g/mol. The number of nitrogens with one attached hydrogen (secondary N) is 2. The smallest absolute Gasteiger partial charge is 0.320 e. The summed E-state index contributed by atoms with van der Waals surface area (Å²) in [5.74, 6) is 0.660. The Bertz CT molecular complexity index is 472. The van der Waals surface area contributed by atoms with Gasteiger partial charge in [-0.1, -0.05) is 6.07 Å². The molecule has 3 amide bonds. The molecule has 1 aliphatic rings. The van der Waals surface area contributed by atoms with Gasteiger partial charge in [-0.25, -0.2) is 9.78 Å². The maximum Gasteiger partial charge on any atom is 0.320 e. The van der Waals surface area contributed by atoms with Crippen molar-refractivity contribution in [2.45, 2.75) is 6.92 Å². The van der Waals surface area contributed by atoms with E-state index >= 15 is 0 Å². The summed E-state index contributed by atoms with van der Waals surface area (Å²) < 4.78 is 0. The Morgan fingerprint density at radius 3 is 2.62 bits per heavy atom. The fraction of sp³-hybridized carbons (Fsp3) is 0.500. The molecule has 2 N–H and O–H groups in total. The number of nitrogens with zero attached hydrogens (tertiary/aromatic N) is 3. The van der Waals surface area contributed by atoms with Crippen molar-refractivity contribution in [2.75, 3.05) is 44.6 Å². The summed E-state index contributed by atoms with van der Waals surface area (Å²) in [6.45, 7) is 6.16. The first-order valence-corrected chi connectivity index (χ1v) is 7.09. The number of anilines is 1. The van der Waals surface area contributed by atoms with Crippen LogP contribution in [-0.2, 0) is 4.79 Å². The van der Waals surface area contributed by atoms with E-state index in [0.717, 1.165) is 32.7 Å². The number of piperazine rings is 1. The van der Waals surface area contributed by atoms with E-state index in [2.05, 4.69) is 20.5 Å². The topological polar surface area (TPSA) is 77.6 Å². The third-order valence-electron chi connectivity index (χ3n) is 3.44. The first kappa shape index (κ1) is 15.2. The zero-order chi connectivity index (χ0) is 15.1. The second kappa shape index (κ2) is 7.58. The molecule has 0 saturated carbocycles. The van der Waals surface area contributed by atoms with Crippen LogP contribution in [0.1, 0.15) is 6.92 Å². The van der Waals surface area contributed by atoms with Crippen molar-refractivity contribution in [1.82, 2.24) is 20.1 Å². The van der Waals surface area contributed by atoms with Crippen LogP contribution < -0.4 is 10.6 Å². The zero-order valence-electron chi connectivity index (χ0n) is 12.2. The van der Waals surface area contributed by atoms with Gasteiger partial charge in [0.05, 0.1) is 0 Å². The highest BCUT2D eigenvalue weighted by Crippen LogP contribution is 2.01. The Hall–Kier alpha value is -2.15. The van der Waals surface area contributed by atoms with Gasteiger partial charge in [0.25, 0.3) is 0 Å². The molecule has 1 aromatic rings. The third kappa shape index (κ3) is 5.03. The SMILES string of the molecule is CC(=O)N1CCN(CCNC(=O)Nc2ccccn2)CC1. The van der Waals surface area contributed by atoms with Gasteiger partial charge in [-0.3, -0.25) is 15.0 Å². The van der Waals surface area contributed by atoms with E-state index in [1.165, 1.54) is 0 Å². The Labute approximate surface area is 124 Å². The number of amides is 3. The maximum absolute atomic E-state index is 11.7. The van der Waals surface area contributed by atoms with Crippen LogP contribution >= 0.6 is 0 Å². The van der Waals surface area contributed by atoms with Crippen LogP contribution in [0.3, 0.4) is 0 Å². The number of carbonyl (C=O) groups is 2. The van der Waals surface area contributed by atoms with Gasteiger partial charge < -0.3 is 10.2 Å². The van der Waals surface area contributed by atoms with Crippen molar-refractivity contribution in [3.63, 3.8) is 0 Å². The predicted octanol–water partition coefficient (Wildman–Crippen LogP) is 0.367. The van der Waals surface area contributed by atoms with E-state index in [4.69, 9.17) is 0 Å². The molecular formula is C14H21N5O2. The lowest BCUT2D eigenvalue weighted by Crippen LogP contribution is -2.49. The molecular weight excluding hydrogens is 270 g/mol. The number of pyridine rings is 1. The minimum atomic E-state index is -0.254. The first-order valence-electron chi connectivity index (χ1n) is 7.09. The average Bonchev–Trinajstić information content (AvgIpc) is 2.49. The molecule has 0 aromatic carbocycles. The molecule has 1 saturated heterocycles. The molecule has 0 radical (unpaired) electrons. The lowest BCUT2D eigenvalue weighted by atomic mass is 10.3. The van der Waals surface area contributed by atoms with Crippen LogP contribution in [0.5, 0.6) is 0 Å². The van der Waals surface area contributed by atoms with Crippen LogP contribution in [-0.4, -0.2) is 66.0 Å². The van der Waals surface area contributed by atoms with Gasteiger partial charge in [-0.2, -0.15) is 0 Å². The van der Waals surface area contributed by atoms with Crippen molar-refractivity contribution in [1.29, 1.82) is 0 Å². The van der Waals surface area contributed by atoms with E-state index in [1.807, 2.05) is 11.0 Å². The number of aromatic nitrogens is 1. The molecule has 0 atom stereocenters. The molecule has 7 heteroatoms. The lowest BCUT2D eigenvalue weighted by molar-refractivity contribution is -0.130. The highest BCUT2D eigenvalue weighted by molar-refractivity contribution is 5.88. The normalized spacial score (nSPS) is 15.6. The largest absolute Gasteiger partial charge is 0.340 e. The molecule has 0 spiro atoms. The second-order valence-electron chi connectivity index (χ2n) is 4.94. The van der Waals surface area contributed by atoms with Crippen molar-refractivity contribution in [3.8, 4) is 0 Å². The molecule has 114 valence electrons. The van der Waals surface area contributed by atoms with E-state index in [-0.39, 0.29) is 11.9 Å². The van der Waals surface area contributed by atoms with Crippen molar-refractivity contribution in [3.05, 3.63) is 24.4 Å². The summed E-state index contributed by atoms with van der Waals surface area (Å²) in [6.07, 6.45) is 1.63. The molecule has 7 nitrogen and oxygen atoms in total. The van der Waals surface area contributed by atoms with E-state index in [1.54, 1.807) is 25.3 Å². The minimum Gasteiger partial charge on any atom is -0.340 e. The van der Waals surface area contributed by atoms with Crippen LogP contribution in [0.2, 0.25) is 0 Å². The quantitative estimate of drug-likeness (QED) is 0.840. The van der Waals surface area contributed by atoms with E-state index in [0.29, 0.717) is 12.4 Å². The molecule has 0 aliphatic carbocycles. The first-order chi connectivity index (χ1) is 10.1. The van der Waals surface area contributed by atoms with Gasteiger partial charge in [-0.15, -0.1) is 0 Å². The van der Waals surface area contributed by atoms with Gasteiger partial charge in [0.2, 0.25) is 5.91 Å². The van der Waals surface area contributed by atoms with Gasteiger partial charge in [0.1, 0.15) is 5.82 Å². The summed E-state index contributed by atoms with van der Waals surface area (Å²) >= 11 is 0. The van der Waals surface area contributed by atoms with Crippen LogP contribution in [0.25, 0.3) is 0 Å². The van der Waals surface area contributed by atoms with Crippen LogP contribution in [0, 0.1) is 0 Å². The van der Waals surface area contributed by atoms with Gasteiger partial charge in [0, 0.05) is 52.4 Å². The molecule has 0 bridgehead atoms. The summed E-state index contributed by atoms with van der Waals surface area (Å²) in [5.41, 5.74) is 0. The minimum absolute atomic E-state index is 0.127. The molecule has 2 heterocycles. The van der Waals surface area contributed by atoms with Gasteiger partial charge >= 0.3 is 6.03 Å². The van der Waals surface area contributed by atoms with Crippen molar-refractivity contribution >= 4 is 17.8 Å². The van der Waals surface area contributed by atoms with Crippen molar-refractivity contribution < 1.29 is 9.59 Å². The van der Waals surface area contributed by atoms with E-state index in [9.17, 15) is 9.59 Å². The van der Waals surface area contributed by atoms with Gasteiger partial charge in [-0.05, 0) is 12.1 Å². The highest BCUT2D eigenvalue weighted by atomic mass is 16.2. The Kier molecular flexibility index (Phi) is 5.51. The van der Waals surface area contributed by atoms with Crippen LogP contribution in [0.15, 0.2) is 24.4 Å². The number of hydrogen-bond donors (Lipinski definition) is 2. The zero-order valence-corrected chi connectivity index (χ0v) is 12.2. The second-order valence-corrected chi connectivity index (χ2v) is 4.94. The number of carbonyl (C=O) groups excluding carboxylic acids is 2. The maximum atomic E-state index is 11.7. The van der Waals surface area contributed by atoms with Crippen LogP contribution in [0.4, 0.5) is 10.6 Å². The fourth-order valence-corrected chi connectivity index (χ4v) is 2.21. The van der Waals surface area contributed by atoms with Gasteiger partial charge in [0.15, 0.2) is 0 Å². The Balaban J connectivity index is 1.62. The Morgan fingerprint density at radius 2 is 2.00 bits per heavy atom. The fourth-order valence-electron chi connectivity index (χ4n) is 2.21. The van der Waals surface area contributed by atoms with Crippen molar-refractivity contribution in [2.24, 2.45) is 0 Å². The summed E-state index contributed by atoms with van der Waals surface area (Å²) in [7, 11) is 0. The molecule has 0 unspecified atom stereocenters. The third-order valence-corrected chi connectivity index (χ3v) is 3.44. The molecule has 21 heavy (non-hydrogen) atoms. The van der Waals surface area contributed by atoms with E-state index < -0.39 is 0 Å². The summed E-state index contributed by atoms with van der Waals surface area (Å²) in [6, 6.07) is 5.10. The summed E-state index contributed by atoms with van der Waals surface area (Å²) in [5, 5.41) is 5.47. The molecule has 2 rings (SSSR count). The molecule has 1 fully saturated rings. The summed E-state index contributed by atoms with van der Waals surface area (Å²) in [4.78, 5) is 31.0. The lowest BCUT2D eigenvalue weighted by Gasteiger charge is -2.34. The highest BCUT2D eigenvalue weighted by Gasteiger charge is 2.17.